The van der Waals surface area contributed by atoms with E-state index in [0.717, 1.165) is 17.2 Å². The Hall–Kier alpha value is -1.51. The van der Waals surface area contributed by atoms with E-state index in [4.69, 9.17) is 0 Å². The molecule has 0 aliphatic heterocycles. The Bertz CT molecular complexity index is 695. The van der Waals surface area contributed by atoms with Gasteiger partial charge in [0.15, 0.2) is 0 Å². The predicted molar refractivity (Wildman–Crippen MR) is 83.9 cm³/mol. The number of sulfonamides is 1. The molecule has 0 fully saturated rings. The average molecular weight is 326 g/mol. The SMILES string of the molecule is CCNc1ccc(S(=O)(=O)N(C)Cc2csc(C)n2)cn1. The summed E-state index contributed by atoms with van der Waals surface area (Å²) in [5, 5.41) is 5.82. The quantitative estimate of drug-likeness (QED) is 0.880. The lowest BCUT2D eigenvalue weighted by Crippen LogP contribution is -2.26. The van der Waals surface area contributed by atoms with Crippen molar-refractivity contribution in [1.82, 2.24) is 14.3 Å². The third kappa shape index (κ3) is 3.78. The summed E-state index contributed by atoms with van der Waals surface area (Å²) in [6.07, 6.45) is 1.37. The highest BCUT2D eigenvalue weighted by molar-refractivity contribution is 7.89. The molecule has 114 valence electrons. The van der Waals surface area contributed by atoms with Gasteiger partial charge in [0.05, 0.1) is 17.2 Å². The van der Waals surface area contributed by atoms with E-state index in [-0.39, 0.29) is 11.4 Å². The Morgan fingerprint density at radius 2 is 2.14 bits per heavy atom. The lowest BCUT2D eigenvalue weighted by atomic mass is 10.4. The van der Waals surface area contributed by atoms with E-state index < -0.39 is 10.0 Å². The van der Waals surface area contributed by atoms with Crippen LogP contribution in [0.15, 0.2) is 28.6 Å². The zero-order chi connectivity index (χ0) is 15.5. The predicted octanol–water partition coefficient (Wildman–Crippen LogP) is 2.10. The number of aryl methyl sites for hydroxylation is 1. The van der Waals surface area contributed by atoms with Crippen LogP contribution in [0.5, 0.6) is 0 Å². The Balaban J connectivity index is 2.16. The minimum Gasteiger partial charge on any atom is -0.370 e. The van der Waals surface area contributed by atoms with Gasteiger partial charge in [-0.3, -0.25) is 0 Å². The third-order valence-corrected chi connectivity index (χ3v) is 5.46. The second kappa shape index (κ2) is 6.50. The zero-order valence-electron chi connectivity index (χ0n) is 12.2. The van der Waals surface area contributed by atoms with Crippen LogP contribution in [0.25, 0.3) is 0 Å². The minimum absolute atomic E-state index is 0.179. The number of hydrogen-bond donors (Lipinski definition) is 1. The number of nitrogens with zero attached hydrogens (tertiary/aromatic N) is 3. The molecule has 0 bridgehead atoms. The van der Waals surface area contributed by atoms with E-state index in [2.05, 4.69) is 15.3 Å². The highest BCUT2D eigenvalue weighted by atomic mass is 32.2. The van der Waals surface area contributed by atoms with Crippen molar-refractivity contribution < 1.29 is 8.42 Å². The molecule has 2 aromatic rings. The topological polar surface area (TPSA) is 75.2 Å². The van der Waals surface area contributed by atoms with Crippen LogP contribution in [-0.4, -0.2) is 36.3 Å². The van der Waals surface area contributed by atoms with Crippen molar-refractivity contribution in [2.24, 2.45) is 0 Å². The van der Waals surface area contributed by atoms with Gasteiger partial charge < -0.3 is 5.32 Å². The number of pyridine rings is 1. The maximum atomic E-state index is 12.5. The molecule has 2 rings (SSSR count). The molecular formula is C13H18N4O2S2. The molecule has 2 aromatic heterocycles. The van der Waals surface area contributed by atoms with Gasteiger partial charge in [0.1, 0.15) is 10.7 Å². The summed E-state index contributed by atoms with van der Waals surface area (Å²) in [4.78, 5) is 8.56. The highest BCUT2D eigenvalue weighted by Crippen LogP contribution is 2.18. The molecule has 0 spiro atoms. The first-order valence-electron chi connectivity index (χ1n) is 6.50. The second-order valence-corrected chi connectivity index (χ2v) is 7.64. The standard InChI is InChI=1S/C13H18N4O2S2/c1-4-14-13-6-5-12(7-15-13)21(18,19)17(3)8-11-9-20-10(2)16-11/h5-7,9H,4,8H2,1-3H3,(H,14,15). The highest BCUT2D eigenvalue weighted by Gasteiger charge is 2.22. The van der Waals surface area contributed by atoms with Crippen molar-refractivity contribution >= 4 is 27.2 Å². The molecule has 0 amide bonds. The molecule has 21 heavy (non-hydrogen) atoms. The fourth-order valence-electron chi connectivity index (χ4n) is 1.79. The summed E-state index contributed by atoms with van der Waals surface area (Å²) in [7, 11) is -2.01. The third-order valence-electron chi connectivity index (χ3n) is 2.85. The Morgan fingerprint density at radius 1 is 1.38 bits per heavy atom. The normalized spacial score (nSPS) is 11.8. The van der Waals surface area contributed by atoms with Crippen LogP contribution in [0.2, 0.25) is 0 Å². The van der Waals surface area contributed by atoms with E-state index in [1.807, 2.05) is 19.2 Å². The second-order valence-electron chi connectivity index (χ2n) is 4.53. The largest absolute Gasteiger partial charge is 0.370 e. The van der Waals surface area contributed by atoms with E-state index in [0.29, 0.717) is 5.82 Å². The van der Waals surface area contributed by atoms with Gasteiger partial charge in [-0.05, 0) is 26.0 Å². The molecular weight excluding hydrogens is 308 g/mol. The first kappa shape index (κ1) is 15.9. The van der Waals surface area contributed by atoms with Crippen LogP contribution in [-0.2, 0) is 16.6 Å². The minimum atomic E-state index is -3.55. The van der Waals surface area contributed by atoms with Crippen molar-refractivity contribution in [3.8, 4) is 0 Å². The number of hydrogen-bond acceptors (Lipinski definition) is 6. The molecule has 2 heterocycles. The zero-order valence-corrected chi connectivity index (χ0v) is 13.8. The van der Waals surface area contributed by atoms with Crippen molar-refractivity contribution in [3.05, 3.63) is 34.4 Å². The van der Waals surface area contributed by atoms with Crippen LogP contribution < -0.4 is 5.32 Å². The maximum absolute atomic E-state index is 12.5. The summed E-state index contributed by atoms with van der Waals surface area (Å²) in [5.74, 6) is 0.661. The lowest BCUT2D eigenvalue weighted by molar-refractivity contribution is 0.462. The van der Waals surface area contributed by atoms with Gasteiger partial charge in [-0.25, -0.2) is 18.4 Å². The van der Waals surface area contributed by atoms with Crippen molar-refractivity contribution in [2.75, 3.05) is 18.9 Å². The molecule has 0 saturated heterocycles. The van der Waals surface area contributed by atoms with Crippen LogP contribution >= 0.6 is 11.3 Å². The Morgan fingerprint density at radius 3 is 2.67 bits per heavy atom. The molecule has 0 aliphatic carbocycles. The smallest absolute Gasteiger partial charge is 0.244 e. The van der Waals surface area contributed by atoms with Gasteiger partial charge in [0.2, 0.25) is 10.0 Å². The van der Waals surface area contributed by atoms with E-state index in [1.165, 1.54) is 21.8 Å². The van der Waals surface area contributed by atoms with Gasteiger partial charge in [-0.1, -0.05) is 0 Å². The number of thiazole rings is 1. The van der Waals surface area contributed by atoms with Crippen LogP contribution in [0.1, 0.15) is 17.6 Å². The van der Waals surface area contributed by atoms with E-state index in [1.54, 1.807) is 19.2 Å². The first-order valence-corrected chi connectivity index (χ1v) is 8.82. The van der Waals surface area contributed by atoms with Crippen molar-refractivity contribution in [2.45, 2.75) is 25.3 Å². The van der Waals surface area contributed by atoms with Crippen LogP contribution in [0, 0.1) is 6.92 Å². The van der Waals surface area contributed by atoms with E-state index >= 15 is 0 Å². The number of aromatic nitrogens is 2. The van der Waals surface area contributed by atoms with Gasteiger partial charge in [0.25, 0.3) is 0 Å². The van der Waals surface area contributed by atoms with Gasteiger partial charge in [-0.2, -0.15) is 4.31 Å². The summed E-state index contributed by atoms with van der Waals surface area (Å²) in [5.41, 5.74) is 0.751. The number of nitrogens with one attached hydrogen (secondary N) is 1. The summed E-state index contributed by atoms with van der Waals surface area (Å²) in [6, 6.07) is 3.22. The number of rotatable bonds is 6. The molecule has 8 heteroatoms. The fraction of sp³-hybridized carbons (Fsp3) is 0.385. The van der Waals surface area contributed by atoms with E-state index in [9.17, 15) is 8.42 Å². The molecule has 6 nitrogen and oxygen atoms in total. The Kier molecular flexibility index (Phi) is 4.92. The summed E-state index contributed by atoms with van der Waals surface area (Å²) in [6.45, 7) is 4.84. The molecule has 1 N–H and O–H groups in total. The molecule has 0 unspecified atom stereocenters. The fourth-order valence-corrected chi connectivity index (χ4v) is 3.48. The van der Waals surface area contributed by atoms with Crippen LogP contribution in [0.4, 0.5) is 5.82 Å². The number of anilines is 1. The monoisotopic (exact) mass is 326 g/mol. The first-order chi connectivity index (χ1) is 9.93. The summed E-state index contributed by atoms with van der Waals surface area (Å²) >= 11 is 1.51. The average Bonchev–Trinajstić information content (AvgIpc) is 2.85. The van der Waals surface area contributed by atoms with Crippen LogP contribution in [0.3, 0.4) is 0 Å². The lowest BCUT2D eigenvalue weighted by Gasteiger charge is -2.16. The van der Waals surface area contributed by atoms with Gasteiger partial charge in [-0.15, -0.1) is 11.3 Å². The molecule has 0 radical (unpaired) electrons. The molecule has 0 saturated carbocycles. The van der Waals surface area contributed by atoms with Crippen molar-refractivity contribution in [1.29, 1.82) is 0 Å². The molecule has 0 aromatic carbocycles. The summed E-state index contributed by atoms with van der Waals surface area (Å²) < 4.78 is 26.2. The van der Waals surface area contributed by atoms with Crippen molar-refractivity contribution in [3.63, 3.8) is 0 Å². The molecule has 0 atom stereocenters. The van der Waals surface area contributed by atoms with Gasteiger partial charge in [0, 0.05) is 25.2 Å². The maximum Gasteiger partial charge on any atom is 0.244 e. The Labute approximate surface area is 128 Å². The van der Waals surface area contributed by atoms with Gasteiger partial charge >= 0.3 is 0 Å². The molecule has 0 aliphatic rings.